The largest absolute Gasteiger partial charge is 0.331 e. The lowest BCUT2D eigenvalue weighted by atomic mass is 10.1. The van der Waals surface area contributed by atoms with Gasteiger partial charge in [0.05, 0.1) is 6.54 Å². The predicted octanol–water partition coefficient (Wildman–Crippen LogP) is 4.24. The molecule has 0 unspecified atom stereocenters. The molecule has 1 saturated carbocycles. The molecule has 0 aromatic heterocycles. The Morgan fingerprint density at radius 3 is 2.60 bits per heavy atom. The molecule has 0 spiro atoms. The van der Waals surface area contributed by atoms with Gasteiger partial charge >= 0.3 is 0 Å². The Morgan fingerprint density at radius 2 is 1.96 bits per heavy atom. The normalized spacial score (nSPS) is 13.4. The number of benzene rings is 2. The fourth-order valence-electron chi connectivity index (χ4n) is 2.71. The molecule has 0 aliphatic heterocycles. The number of carbonyl (C=O) groups is 2. The van der Waals surface area contributed by atoms with Crippen LogP contribution in [0.3, 0.4) is 0 Å². The van der Waals surface area contributed by atoms with E-state index in [1.807, 2.05) is 0 Å². The lowest BCUT2D eigenvalue weighted by molar-refractivity contribution is -0.114. The quantitative estimate of drug-likeness (QED) is 0.866. The minimum atomic E-state index is -0.419. The first-order valence-electron chi connectivity index (χ1n) is 8.07. The van der Waals surface area contributed by atoms with Gasteiger partial charge in [-0.3, -0.25) is 9.59 Å². The third-order valence-electron chi connectivity index (χ3n) is 4.07. The Hall–Kier alpha value is -2.40. The van der Waals surface area contributed by atoms with Crippen LogP contribution < -0.4 is 5.32 Å². The number of nitrogens with zero attached hydrogens (tertiary/aromatic N) is 1. The highest BCUT2D eigenvalue weighted by Gasteiger charge is 2.34. The monoisotopic (exact) mass is 360 g/mol. The van der Waals surface area contributed by atoms with E-state index < -0.39 is 5.82 Å². The summed E-state index contributed by atoms with van der Waals surface area (Å²) < 4.78 is 14.1. The van der Waals surface area contributed by atoms with E-state index in [4.69, 9.17) is 11.6 Å². The van der Waals surface area contributed by atoms with Crippen molar-refractivity contribution >= 4 is 29.1 Å². The topological polar surface area (TPSA) is 49.4 Å². The van der Waals surface area contributed by atoms with Crippen LogP contribution in [0.4, 0.5) is 10.1 Å². The first-order valence-corrected chi connectivity index (χ1v) is 8.45. The molecule has 6 heteroatoms. The minimum absolute atomic E-state index is 0.0904. The van der Waals surface area contributed by atoms with Gasteiger partial charge in [0, 0.05) is 34.8 Å². The Bertz CT molecular complexity index is 801. The standard InChI is InChI=1S/C19H18ClFN2O2/c1-12(24)22-14-5-2-4-13(10-14)19(25)23(15-8-9-15)11-16-17(20)6-3-7-18(16)21/h2-7,10,15H,8-9,11H2,1H3,(H,22,24). The van der Waals surface area contributed by atoms with Crippen molar-refractivity contribution in [2.24, 2.45) is 0 Å². The SMILES string of the molecule is CC(=O)Nc1cccc(C(=O)N(Cc2c(F)cccc2Cl)C2CC2)c1. The van der Waals surface area contributed by atoms with Gasteiger partial charge in [0.25, 0.3) is 5.91 Å². The molecule has 2 amide bonds. The molecule has 0 atom stereocenters. The molecule has 0 radical (unpaired) electrons. The third-order valence-corrected chi connectivity index (χ3v) is 4.42. The van der Waals surface area contributed by atoms with Crippen molar-refractivity contribution in [3.05, 3.63) is 64.4 Å². The number of carbonyl (C=O) groups excluding carboxylic acids is 2. The fraction of sp³-hybridized carbons (Fsp3) is 0.263. The molecular weight excluding hydrogens is 343 g/mol. The number of halogens is 2. The molecule has 0 bridgehead atoms. The second-order valence-electron chi connectivity index (χ2n) is 6.13. The molecule has 2 aromatic carbocycles. The first kappa shape index (κ1) is 17.4. The van der Waals surface area contributed by atoms with Gasteiger partial charge < -0.3 is 10.2 Å². The Kier molecular flexibility index (Phi) is 5.04. The van der Waals surface area contributed by atoms with Gasteiger partial charge in [-0.05, 0) is 43.2 Å². The van der Waals surface area contributed by atoms with Crippen LogP contribution in [0.25, 0.3) is 0 Å². The first-order chi connectivity index (χ1) is 12.0. The van der Waals surface area contributed by atoms with Gasteiger partial charge in [-0.1, -0.05) is 23.7 Å². The molecule has 0 saturated heterocycles. The second-order valence-corrected chi connectivity index (χ2v) is 6.53. The van der Waals surface area contributed by atoms with Crippen LogP contribution in [-0.2, 0) is 11.3 Å². The predicted molar refractivity (Wildman–Crippen MR) is 95.1 cm³/mol. The lowest BCUT2D eigenvalue weighted by Gasteiger charge is -2.23. The molecule has 25 heavy (non-hydrogen) atoms. The smallest absolute Gasteiger partial charge is 0.254 e. The summed E-state index contributed by atoms with van der Waals surface area (Å²) in [6.07, 6.45) is 1.78. The van der Waals surface area contributed by atoms with E-state index in [9.17, 15) is 14.0 Å². The molecule has 1 N–H and O–H groups in total. The third kappa shape index (κ3) is 4.17. The van der Waals surface area contributed by atoms with Crippen molar-refractivity contribution in [3.8, 4) is 0 Å². The van der Waals surface area contributed by atoms with E-state index in [2.05, 4.69) is 5.32 Å². The van der Waals surface area contributed by atoms with Gasteiger partial charge in [0.15, 0.2) is 0 Å². The van der Waals surface area contributed by atoms with Crippen molar-refractivity contribution in [1.29, 1.82) is 0 Å². The molecular formula is C19H18ClFN2O2. The zero-order valence-electron chi connectivity index (χ0n) is 13.8. The summed E-state index contributed by atoms with van der Waals surface area (Å²) in [5.74, 6) is -0.825. The number of rotatable bonds is 5. The maximum absolute atomic E-state index is 14.1. The van der Waals surface area contributed by atoms with E-state index in [1.165, 1.54) is 13.0 Å². The molecule has 3 rings (SSSR count). The molecule has 1 aliphatic carbocycles. The highest BCUT2D eigenvalue weighted by molar-refractivity contribution is 6.31. The van der Waals surface area contributed by atoms with E-state index in [0.29, 0.717) is 21.8 Å². The Labute approximate surface area is 150 Å². The van der Waals surface area contributed by atoms with E-state index in [0.717, 1.165) is 12.8 Å². The molecule has 0 heterocycles. The van der Waals surface area contributed by atoms with Crippen molar-refractivity contribution in [2.75, 3.05) is 5.32 Å². The summed E-state index contributed by atoms with van der Waals surface area (Å²) in [6.45, 7) is 1.53. The van der Waals surface area contributed by atoms with Crippen LogP contribution in [0, 0.1) is 5.82 Å². The van der Waals surface area contributed by atoms with Crippen LogP contribution >= 0.6 is 11.6 Å². The van der Waals surface area contributed by atoms with Crippen LogP contribution in [-0.4, -0.2) is 22.8 Å². The average Bonchev–Trinajstić information content (AvgIpc) is 3.38. The van der Waals surface area contributed by atoms with E-state index >= 15 is 0 Å². The van der Waals surface area contributed by atoms with Crippen molar-refractivity contribution in [2.45, 2.75) is 32.4 Å². The highest BCUT2D eigenvalue weighted by Crippen LogP contribution is 2.32. The van der Waals surface area contributed by atoms with Crippen molar-refractivity contribution < 1.29 is 14.0 Å². The lowest BCUT2D eigenvalue weighted by Crippen LogP contribution is -2.33. The average molecular weight is 361 g/mol. The molecule has 2 aromatic rings. The number of amides is 2. The summed E-state index contributed by atoms with van der Waals surface area (Å²) in [5.41, 5.74) is 1.33. The zero-order chi connectivity index (χ0) is 18.0. The summed E-state index contributed by atoms with van der Waals surface area (Å²) in [5, 5.41) is 2.97. The second kappa shape index (κ2) is 7.23. The van der Waals surface area contributed by atoms with Crippen LogP contribution in [0.15, 0.2) is 42.5 Å². The van der Waals surface area contributed by atoms with Gasteiger partial charge in [0.2, 0.25) is 5.91 Å². The number of hydrogen-bond acceptors (Lipinski definition) is 2. The van der Waals surface area contributed by atoms with E-state index in [-0.39, 0.29) is 24.4 Å². The summed E-state index contributed by atoms with van der Waals surface area (Å²) >= 11 is 6.11. The van der Waals surface area contributed by atoms with Gasteiger partial charge in [-0.2, -0.15) is 0 Å². The van der Waals surface area contributed by atoms with Crippen LogP contribution in [0.1, 0.15) is 35.7 Å². The van der Waals surface area contributed by atoms with Gasteiger partial charge in [-0.15, -0.1) is 0 Å². The summed E-state index contributed by atoms with van der Waals surface area (Å²) in [4.78, 5) is 25.8. The zero-order valence-corrected chi connectivity index (χ0v) is 14.5. The number of nitrogens with one attached hydrogen (secondary N) is 1. The molecule has 130 valence electrons. The van der Waals surface area contributed by atoms with Crippen LogP contribution in [0.5, 0.6) is 0 Å². The summed E-state index contributed by atoms with van der Waals surface area (Å²) in [7, 11) is 0. The molecule has 1 fully saturated rings. The maximum atomic E-state index is 14.1. The Balaban J connectivity index is 1.86. The van der Waals surface area contributed by atoms with E-state index in [1.54, 1.807) is 41.3 Å². The molecule has 1 aliphatic rings. The molecule has 4 nitrogen and oxygen atoms in total. The Morgan fingerprint density at radius 1 is 1.24 bits per heavy atom. The van der Waals surface area contributed by atoms with Gasteiger partial charge in [-0.25, -0.2) is 4.39 Å². The minimum Gasteiger partial charge on any atom is -0.331 e. The number of anilines is 1. The summed E-state index contributed by atoms with van der Waals surface area (Å²) in [6, 6.07) is 11.3. The maximum Gasteiger partial charge on any atom is 0.254 e. The van der Waals surface area contributed by atoms with Crippen molar-refractivity contribution in [3.63, 3.8) is 0 Å². The number of hydrogen-bond donors (Lipinski definition) is 1. The highest BCUT2D eigenvalue weighted by atomic mass is 35.5. The van der Waals surface area contributed by atoms with Gasteiger partial charge in [0.1, 0.15) is 5.82 Å². The van der Waals surface area contributed by atoms with Crippen molar-refractivity contribution in [1.82, 2.24) is 4.90 Å². The van der Waals surface area contributed by atoms with Crippen LogP contribution in [0.2, 0.25) is 5.02 Å². The fourth-order valence-corrected chi connectivity index (χ4v) is 2.93.